The van der Waals surface area contributed by atoms with Gasteiger partial charge in [-0.25, -0.2) is 4.79 Å². The second-order valence-corrected chi connectivity index (χ2v) is 8.35. The van der Waals surface area contributed by atoms with Crippen LogP contribution in [0.2, 0.25) is 5.02 Å². The van der Waals surface area contributed by atoms with Gasteiger partial charge in [-0.2, -0.15) is 0 Å². The molecule has 0 saturated heterocycles. The Balaban J connectivity index is 1.29. The zero-order chi connectivity index (χ0) is 23.4. The third-order valence-electron chi connectivity index (χ3n) is 5.94. The molecule has 3 N–H and O–H groups in total. The van der Waals surface area contributed by atoms with Crippen molar-refractivity contribution in [1.29, 1.82) is 0 Å². The lowest BCUT2D eigenvalue weighted by Crippen LogP contribution is -2.30. The van der Waals surface area contributed by atoms with Crippen LogP contribution in [0.4, 0.5) is 4.79 Å². The van der Waals surface area contributed by atoms with Crippen LogP contribution in [0.5, 0.6) is 5.75 Å². The number of fused-ring (bicyclic) bond motifs is 3. The third kappa shape index (κ3) is 4.98. The molecule has 0 aliphatic heterocycles. The summed E-state index contributed by atoms with van der Waals surface area (Å²) in [6, 6.07) is 21.1. The zero-order valence-corrected chi connectivity index (χ0v) is 19.0. The summed E-state index contributed by atoms with van der Waals surface area (Å²) < 4.78 is 10.6. The van der Waals surface area contributed by atoms with Crippen molar-refractivity contribution in [3.05, 3.63) is 88.4 Å². The molecule has 1 amide bonds. The summed E-state index contributed by atoms with van der Waals surface area (Å²) in [5.41, 5.74) is 4.97. The SMILES string of the molecule is COc1ccc(Cl)c(C(O)C(O)CCNC(=O)OCC2c3ccccc3-c3ccccc32)c1. The number of carbonyl (C=O) groups is 1. The molecule has 0 bridgehead atoms. The number of aliphatic hydroxyl groups excluding tert-OH is 2. The molecule has 7 heteroatoms. The van der Waals surface area contributed by atoms with Crippen molar-refractivity contribution in [3.8, 4) is 16.9 Å². The highest BCUT2D eigenvalue weighted by atomic mass is 35.5. The maximum absolute atomic E-state index is 12.3. The van der Waals surface area contributed by atoms with E-state index in [0.29, 0.717) is 16.3 Å². The van der Waals surface area contributed by atoms with E-state index in [1.165, 1.54) is 7.11 Å². The van der Waals surface area contributed by atoms with Gasteiger partial charge in [0.15, 0.2) is 0 Å². The minimum atomic E-state index is -1.21. The molecule has 1 aliphatic rings. The molecule has 6 nitrogen and oxygen atoms in total. The number of carbonyl (C=O) groups excluding carboxylic acids is 1. The number of benzene rings is 3. The number of amides is 1. The summed E-state index contributed by atoms with van der Waals surface area (Å²) in [6.07, 6.45) is -2.78. The molecule has 4 rings (SSSR count). The molecule has 0 saturated carbocycles. The Kier molecular flexibility index (Phi) is 7.18. The fourth-order valence-electron chi connectivity index (χ4n) is 4.21. The van der Waals surface area contributed by atoms with Crippen LogP contribution < -0.4 is 10.1 Å². The highest BCUT2D eigenvalue weighted by molar-refractivity contribution is 6.31. The van der Waals surface area contributed by atoms with Crippen LogP contribution in [0.1, 0.15) is 35.1 Å². The van der Waals surface area contributed by atoms with Crippen LogP contribution >= 0.6 is 11.6 Å². The van der Waals surface area contributed by atoms with Gasteiger partial charge in [0.1, 0.15) is 18.5 Å². The lowest BCUT2D eigenvalue weighted by molar-refractivity contribution is 0.0136. The Morgan fingerprint density at radius 1 is 1.03 bits per heavy atom. The normalized spacial score (nSPS) is 14.2. The third-order valence-corrected chi connectivity index (χ3v) is 6.28. The molecule has 0 aromatic heterocycles. The van der Waals surface area contributed by atoms with Crippen LogP contribution in [0, 0.1) is 0 Å². The molecule has 0 spiro atoms. The monoisotopic (exact) mass is 467 g/mol. The molecule has 3 aromatic rings. The molecule has 0 fully saturated rings. The van der Waals surface area contributed by atoms with Crippen LogP contribution in [0.15, 0.2) is 66.7 Å². The van der Waals surface area contributed by atoms with Crippen molar-refractivity contribution in [3.63, 3.8) is 0 Å². The molecular formula is C26H26ClNO5. The molecule has 172 valence electrons. The minimum absolute atomic E-state index is 0.0224. The van der Waals surface area contributed by atoms with Gasteiger partial charge in [-0.05, 0) is 46.9 Å². The second kappa shape index (κ2) is 10.3. The Labute approximate surface area is 197 Å². The summed E-state index contributed by atoms with van der Waals surface area (Å²) in [7, 11) is 1.51. The van der Waals surface area contributed by atoms with Gasteiger partial charge in [0.25, 0.3) is 0 Å². The largest absolute Gasteiger partial charge is 0.497 e. The molecule has 2 atom stereocenters. The Bertz CT molecular complexity index is 1090. The highest BCUT2D eigenvalue weighted by Crippen LogP contribution is 2.44. The van der Waals surface area contributed by atoms with Gasteiger partial charge in [0, 0.05) is 23.0 Å². The lowest BCUT2D eigenvalue weighted by atomic mass is 9.98. The van der Waals surface area contributed by atoms with E-state index < -0.39 is 18.3 Å². The maximum atomic E-state index is 12.3. The smallest absolute Gasteiger partial charge is 0.407 e. The first-order valence-corrected chi connectivity index (χ1v) is 11.2. The molecule has 2 unspecified atom stereocenters. The van der Waals surface area contributed by atoms with Crippen LogP contribution in [0.25, 0.3) is 11.1 Å². The van der Waals surface area contributed by atoms with Crippen molar-refractivity contribution in [2.45, 2.75) is 24.5 Å². The van der Waals surface area contributed by atoms with Crippen LogP contribution in [0.3, 0.4) is 0 Å². The number of hydrogen-bond acceptors (Lipinski definition) is 5. The van der Waals surface area contributed by atoms with Crippen molar-refractivity contribution in [2.75, 3.05) is 20.3 Å². The molecule has 0 radical (unpaired) electrons. The van der Waals surface area contributed by atoms with Crippen LogP contribution in [-0.2, 0) is 4.74 Å². The topological polar surface area (TPSA) is 88.0 Å². The fraction of sp³-hybridized carbons (Fsp3) is 0.269. The Morgan fingerprint density at radius 3 is 2.30 bits per heavy atom. The summed E-state index contributed by atoms with van der Waals surface area (Å²) in [5, 5.41) is 23.8. The quantitative estimate of drug-likeness (QED) is 0.448. The van der Waals surface area contributed by atoms with Gasteiger partial charge in [0.2, 0.25) is 0 Å². The van der Waals surface area contributed by atoms with E-state index in [9.17, 15) is 15.0 Å². The summed E-state index contributed by atoms with van der Waals surface area (Å²) >= 11 is 6.14. The summed E-state index contributed by atoms with van der Waals surface area (Å²) in [6.45, 7) is 0.348. The highest BCUT2D eigenvalue weighted by Gasteiger charge is 2.29. The summed E-state index contributed by atoms with van der Waals surface area (Å²) in [4.78, 5) is 12.3. The van der Waals surface area contributed by atoms with Gasteiger partial charge in [-0.3, -0.25) is 0 Å². The number of alkyl carbamates (subject to hydrolysis) is 1. The maximum Gasteiger partial charge on any atom is 0.407 e. The standard InChI is InChI=1S/C26H26ClNO5/c1-32-16-10-11-23(27)21(14-16)25(30)24(29)12-13-28-26(31)33-15-22-19-8-4-2-6-17(19)18-7-3-5-9-20(18)22/h2-11,14,22,24-25,29-30H,12-13,15H2,1H3,(H,28,31). The summed E-state index contributed by atoms with van der Waals surface area (Å²) in [5.74, 6) is 0.503. The average molecular weight is 468 g/mol. The molecular weight excluding hydrogens is 442 g/mol. The number of nitrogens with one attached hydrogen (secondary N) is 1. The molecule has 1 aliphatic carbocycles. The van der Waals surface area contributed by atoms with E-state index in [-0.39, 0.29) is 25.5 Å². The average Bonchev–Trinajstić information content (AvgIpc) is 3.16. The first-order valence-electron chi connectivity index (χ1n) is 10.8. The minimum Gasteiger partial charge on any atom is -0.497 e. The van der Waals surface area contributed by atoms with E-state index in [1.807, 2.05) is 24.3 Å². The molecule has 33 heavy (non-hydrogen) atoms. The number of methoxy groups -OCH3 is 1. The first-order chi connectivity index (χ1) is 16.0. The number of halogens is 1. The first kappa shape index (κ1) is 23.1. The van der Waals surface area contributed by atoms with E-state index in [1.54, 1.807) is 18.2 Å². The van der Waals surface area contributed by atoms with Gasteiger partial charge in [0.05, 0.1) is 13.2 Å². The van der Waals surface area contributed by atoms with Gasteiger partial charge in [-0.15, -0.1) is 0 Å². The Morgan fingerprint density at radius 2 is 1.67 bits per heavy atom. The Hall–Kier alpha value is -3.06. The van der Waals surface area contributed by atoms with Crippen molar-refractivity contribution in [2.24, 2.45) is 0 Å². The van der Waals surface area contributed by atoms with Crippen molar-refractivity contribution in [1.82, 2.24) is 5.32 Å². The lowest BCUT2D eigenvalue weighted by Gasteiger charge is -2.20. The fourth-order valence-corrected chi connectivity index (χ4v) is 4.44. The zero-order valence-electron chi connectivity index (χ0n) is 18.2. The molecule has 0 heterocycles. The van der Waals surface area contributed by atoms with Gasteiger partial charge >= 0.3 is 6.09 Å². The van der Waals surface area contributed by atoms with Gasteiger partial charge in [-0.1, -0.05) is 60.1 Å². The number of hydrogen-bond donors (Lipinski definition) is 3. The number of ether oxygens (including phenoxy) is 2. The van der Waals surface area contributed by atoms with E-state index in [2.05, 4.69) is 29.6 Å². The predicted molar refractivity (Wildman–Crippen MR) is 127 cm³/mol. The van der Waals surface area contributed by atoms with Gasteiger partial charge < -0.3 is 25.0 Å². The van der Waals surface area contributed by atoms with E-state index in [4.69, 9.17) is 21.1 Å². The van der Waals surface area contributed by atoms with E-state index >= 15 is 0 Å². The van der Waals surface area contributed by atoms with Crippen molar-refractivity contribution >= 4 is 17.7 Å². The molecule has 3 aromatic carbocycles. The number of aliphatic hydroxyl groups is 2. The predicted octanol–water partition coefficient (Wildman–Crippen LogP) is 4.67. The van der Waals surface area contributed by atoms with Crippen molar-refractivity contribution < 1.29 is 24.5 Å². The van der Waals surface area contributed by atoms with E-state index in [0.717, 1.165) is 22.3 Å². The van der Waals surface area contributed by atoms with Crippen LogP contribution in [-0.4, -0.2) is 42.7 Å². The second-order valence-electron chi connectivity index (χ2n) is 7.94. The number of rotatable bonds is 8.